The molecule has 0 spiro atoms. The van der Waals surface area contributed by atoms with E-state index in [-0.39, 0.29) is 5.91 Å². The summed E-state index contributed by atoms with van der Waals surface area (Å²) in [6, 6.07) is 18.6. The molecule has 6 heteroatoms. The van der Waals surface area contributed by atoms with E-state index in [4.69, 9.17) is 9.47 Å². The molecule has 1 aromatic heterocycles. The number of nitrogens with one attached hydrogen (secondary N) is 1. The Hall–Kier alpha value is -3.54. The second kappa shape index (κ2) is 8.90. The third-order valence-electron chi connectivity index (χ3n) is 4.30. The zero-order valence-electron chi connectivity index (χ0n) is 16.2. The van der Waals surface area contributed by atoms with E-state index in [0.717, 1.165) is 17.1 Å². The van der Waals surface area contributed by atoms with E-state index < -0.39 is 0 Å². The van der Waals surface area contributed by atoms with E-state index in [1.165, 1.54) is 0 Å². The fourth-order valence-corrected chi connectivity index (χ4v) is 2.87. The number of benzene rings is 2. The summed E-state index contributed by atoms with van der Waals surface area (Å²) in [5.74, 6) is 1.19. The number of para-hydroxylation sites is 1. The van der Waals surface area contributed by atoms with Crippen molar-refractivity contribution in [3.8, 4) is 11.5 Å². The fourth-order valence-electron chi connectivity index (χ4n) is 2.87. The molecule has 144 valence electrons. The van der Waals surface area contributed by atoms with Crippen LogP contribution in [0.15, 0.2) is 66.9 Å². The van der Waals surface area contributed by atoms with Crippen molar-refractivity contribution in [2.24, 2.45) is 0 Å². The third kappa shape index (κ3) is 4.23. The predicted octanol–water partition coefficient (Wildman–Crippen LogP) is 4.51. The molecular formula is C22H23N3O3. The quantitative estimate of drug-likeness (QED) is 0.656. The van der Waals surface area contributed by atoms with Crippen LogP contribution in [0.5, 0.6) is 11.5 Å². The van der Waals surface area contributed by atoms with Crippen LogP contribution < -0.4 is 19.7 Å². The molecule has 1 heterocycles. The number of carbonyl (C=O) groups is 1. The zero-order chi connectivity index (χ0) is 19.9. The van der Waals surface area contributed by atoms with E-state index in [0.29, 0.717) is 23.7 Å². The zero-order valence-corrected chi connectivity index (χ0v) is 16.2. The SMILES string of the molecule is CCN(C(=O)c1cc(Nc2ccc(OC)cc2OC)ccn1)c1ccccc1. The average molecular weight is 377 g/mol. The van der Waals surface area contributed by atoms with Gasteiger partial charge >= 0.3 is 0 Å². The molecule has 2 aromatic carbocycles. The smallest absolute Gasteiger partial charge is 0.276 e. The lowest BCUT2D eigenvalue weighted by Gasteiger charge is -2.21. The van der Waals surface area contributed by atoms with Crippen LogP contribution in [0.25, 0.3) is 0 Å². The normalized spacial score (nSPS) is 10.2. The number of rotatable bonds is 7. The Kier molecular flexibility index (Phi) is 6.11. The second-order valence-electron chi connectivity index (χ2n) is 6.01. The minimum atomic E-state index is -0.154. The first-order chi connectivity index (χ1) is 13.7. The van der Waals surface area contributed by atoms with Crippen LogP contribution in [0.2, 0.25) is 0 Å². The van der Waals surface area contributed by atoms with Crippen molar-refractivity contribution in [2.45, 2.75) is 6.92 Å². The molecule has 0 fully saturated rings. The number of anilines is 3. The van der Waals surface area contributed by atoms with Crippen LogP contribution in [0.4, 0.5) is 17.1 Å². The fraction of sp³-hybridized carbons (Fsp3) is 0.182. The summed E-state index contributed by atoms with van der Waals surface area (Å²) in [5, 5.41) is 3.28. The predicted molar refractivity (Wildman–Crippen MR) is 111 cm³/mol. The van der Waals surface area contributed by atoms with Crippen molar-refractivity contribution in [3.63, 3.8) is 0 Å². The molecule has 0 saturated heterocycles. The van der Waals surface area contributed by atoms with E-state index in [9.17, 15) is 4.79 Å². The van der Waals surface area contributed by atoms with Gasteiger partial charge < -0.3 is 19.7 Å². The highest BCUT2D eigenvalue weighted by Gasteiger charge is 2.18. The average Bonchev–Trinajstić information content (AvgIpc) is 2.75. The Morgan fingerprint density at radius 2 is 1.82 bits per heavy atom. The first-order valence-electron chi connectivity index (χ1n) is 8.98. The molecule has 3 aromatic rings. The molecule has 0 atom stereocenters. The summed E-state index contributed by atoms with van der Waals surface area (Å²) in [4.78, 5) is 18.9. The van der Waals surface area contributed by atoms with E-state index in [1.807, 2.05) is 49.4 Å². The topological polar surface area (TPSA) is 63.7 Å². The summed E-state index contributed by atoms with van der Waals surface area (Å²) in [5.41, 5.74) is 2.71. The van der Waals surface area contributed by atoms with Gasteiger partial charge in [-0.2, -0.15) is 0 Å². The standard InChI is InChI=1S/C22H23N3O3/c1-4-25(17-8-6-5-7-9-17)22(26)20-14-16(12-13-23-20)24-19-11-10-18(27-2)15-21(19)28-3/h5-15H,4H2,1-3H3,(H,23,24). The molecule has 0 aliphatic carbocycles. The van der Waals surface area contributed by atoms with Crippen LogP contribution in [-0.2, 0) is 0 Å². The molecule has 28 heavy (non-hydrogen) atoms. The molecule has 0 saturated carbocycles. The van der Waals surface area contributed by atoms with E-state index in [2.05, 4.69) is 10.3 Å². The number of ether oxygens (including phenoxy) is 2. The number of hydrogen-bond acceptors (Lipinski definition) is 5. The van der Waals surface area contributed by atoms with Gasteiger partial charge in [-0.1, -0.05) is 18.2 Å². The summed E-state index contributed by atoms with van der Waals surface area (Å²) < 4.78 is 10.6. The van der Waals surface area contributed by atoms with Gasteiger partial charge in [-0.3, -0.25) is 9.78 Å². The van der Waals surface area contributed by atoms with Crippen molar-refractivity contribution in [2.75, 3.05) is 31.0 Å². The van der Waals surface area contributed by atoms with Crippen LogP contribution >= 0.6 is 0 Å². The monoisotopic (exact) mass is 377 g/mol. The van der Waals surface area contributed by atoms with Gasteiger partial charge in [0, 0.05) is 30.2 Å². The Balaban J connectivity index is 1.85. The lowest BCUT2D eigenvalue weighted by Crippen LogP contribution is -2.31. The number of pyridine rings is 1. The van der Waals surface area contributed by atoms with Gasteiger partial charge in [0.05, 0.1) is 19.9 Å². The maximum Gasteiger partial charge on any atom is 0.276 e. The number of carbonyl (C=O) groups excluding carboxylic acids is 1. The minimum Gasteiger partial charge on any atom is -0.497 e. The first kappa shape index (κ1) is 19.2. The Morgan fingerprint density at radius 1 is 1.04 bits per heavy atom. The molecule has 0 bridgehead atoms. The van der Waals surface area contributed by atoms with Gasteiger partial charge in [0.25, 0.3) is 5.91 Å². The second-order valence-corrected chi connectivity index (χ2v) is 6.01. The highest BCUT2D eigenvalue weighted by molar-refractivity contribution is 6.05. The number of amides is 1. The number of nitrogens with zero attached hydrogens (tertiary/aromatic N) is 2. The molecule has 0 aliphatic rings. The highest BCUT2D eigenvalue weighted by atomic mass is 16.5. The Labute approximate surface area is 164 Å². The Morgan fingerprint density at radius 3 is 2.50 bits per heavy atom. The molecule has 6 nitrogen and oxygen atoms in total. The molecular weight excluding hydrogens is 354 g/mol. The van der Waals surface area contributed by atoms with Crippen molar-refractivity contribution >= 4 is 23.0 Å². The van der Waals surface area contributed by atoms with Gasteiger partial charge in [0.15, 0.2) is 0 Å². The molecule has 0 radical (unpaired) electrons. The van der Waals surface area contributed by atoms with Crippen LogP contribution in [0.3, 0.4) is 0 Å². The van der Waals surface area contributed by atoms with Crippen molar-refractivity contribution in [1.82, 2.24) is 4.98 Å². The summed E-state index contributed by atoms with van der Waals surface area (Å²) in [7, 11) is 3.20. The molecule has 3 rings (SSSR count). The molecule has 0 aliphatic heterocycles. The molecule has 0 unspecified atom stereocenters. The van der Waals surface area contributed by atoms with Crippen LogP contribution in [-0.4, -0.2) is 31.7 Å². The minimum absolute atomic E-state index is 0.154. The van der Waals surface area contributed by atoms with Gasteiger partial charge in [-0.25, -0.2) is 0 Å². The Bertz CT molecular complexity index is 945. The summed E-state index contributed by atoms with van der Waals surface area (Å²) in [6.07, 6.45) is 1.62. The number of aromatic nitrogens is 1. The van der Waals surface area contributed by atoms with Crippen LogP contribution in [0.1, 0.15) is 17.4 Å². The van der Waals surface area contributed by atoms with Crippen LogP contribution in [0, 0.1) is 0 Å². The maximum absolute atomic E-state index is 13.0. The lowest BCUT2D eigenvalue weighted by molar-refractivity contribution is 0.0983. The third-order valence-corrected chi connectivity index (χ3v) is 4.30. The summed E-state index contributed by atoms with van der Waals surface area (Å²) in [6.45, 7) is 2.49. The van der Waals surface area contributed by atoms with Gasteiger partial charge in [-0.15, -0.1) is 0 Å². The highest BCUT2D eigenvalue weighted by Crippen LogP contribution is 2.31. The lowest BCUT2D eigenvalue weighted by atomic mass is 10.2. The maximum atomic E-state index is 13.0. The largest absolute Gasteiger partial charge is 0.497 e. The van der Waals surface area contributed by atoms with Crippen molar-refractivity contribution < 1.29 is 14.3 Å². The van der Waals surface area contributed by atoms with Gasteiger partial charge in [0.2, 0.25) is 0 Å². The number of methoxy groups -OCH3 is 2. The first-order valence-corrected chi connectivity index (χ1v) is 8.98. The molecule has 1 N–H and O–H groups in total. The van der Waals surface area contributed by atoms with Crippen molar-refractivity contribution in [3.05, 3.63) is 72.6 Å². The van der Waals surface area contributed by atoms with Crippen molar-refractivity contribution in [1.29, 1.82) is 0 Å². The van der Waals surface area contributed by atoms with Gasteiger partial charge in [-0.05, 0) is 43.3 Å². The van der Waals surface area contributed by atoms with Gasteiger partial charge in [0.1, 0.15) is 17.2 Å². The van der Waals surface area contributed by atoms with E-state index in [1.54, 1.807) is 43.5 Å². The molecule has 1 amide bonds. The van der Waals surface area contributed by atoms with E-state index >= 15 is 0 Å². The summed E-state index contributed by atoms with van der Waals surface area (Å²) >= 11 is 0. The number of hydrogen-bond donors (Lipinski definition) is 1.